The summed E-state index contributed by atoms with van der Waals surface area (Å²) < 4.78 is 6.80. The Morgan fingerprint density at radius 3 is 2.69 bits per heavy atom. The number of aliphatic hydroxyl groups is 2. The summed E-state index contributed by atoms with van der Waals surface area (Å²) in [5, 5.41) is 26.3. The first-order valence-electron chi connectivity index (χ1n) is 12.4. The number of halogens is 1. The van der Waals surface area contributed by atoms with E-state index in [0.717, 1.165) is 20.8 Å². The van der Waals surface area contributed by atoms with Crippen LogP contribution in [0.3, 0.4) is 0 Å². The molecular weight excluding hydrogens is 500 g/mol. The average molecular weight is 537 g/mol. The molecule has 36 heavy (non-hydrogen) atoms. The van der Waals surface area contributed by atoms with Crippen LogP contribution in [0.25, 0.3) is 10.2 Å². The molecule has 1 aliphatic heterocycles. The van der Waals surface area contributed by atoms with Gasteiger partial charge in [0.05, 0.1) is 58.5 Å². The molecule has 9 heteroatoms. The number of ether oxygens (including phenoxy) is 1. The SMILES string of the molecule is CC[C@@H]1C(=O)C(C)(C)[C@@H](O)CC(=O)N[C@H](c2ccc3sc(C)nc3c2)C/C=C(/Cl)COC[C@H](C)[C@@H]1O. The molecule has 1 aromatic carbocycles. The normalized spacial score (nSPS) is 30.6. The molecule has 3 rings (SSSR count). The minimum absolute atomic E-state index is 0.165. The number of carbonyl (C=O) groups excluding carboxylic acids is 2. The van der Waals surface area contributed by atoms with Gasteiger partial charge in [0.1, 0.15) is 5.78 Å². The van der Waals surface area contributed by atoms with Crippen LogP contribution >= 0.6 is 22.9 Å². The number of carbonyl (C=O) groups is 2. The number of aromatic nitrogens is 1. The molecule has 0 saturated heterocycles. The fourth-order valence-electron chi connectivity index (χ4n) is 4.60. The lowest BCUT2D eigenvalue weighted by Crippen LogP contribution is -2.47. The first-order chi connectivity index (χ1) is 16.9. The zero-order valence-electron chi connectivity index (χ0n) is 21.6. The number of thiazole rings is 1. The van der Waals surface area contributed by atoms with Gasteiger partial charge >= 0.3 is 0 Å². The Bertz CT molecular complexity index is 1110. The molecule has 3 N–H and O–H groups in total. The van der Waals surface area contributed by atoms with Gasteiger partial charge in [-0.2, -0.15) is 0 Å². The predicted octanol–water partition coefficient (Wildman–Crippen LogP) is 4.67. The molecule has 0 spiro atoms. The third-order valence-corrected chi connectivity index (χ3v) is 8.29. The van der Waals surface area contributed by atoms with Crippen molar-refractivity contribution in [3.05, 3.63) is 39.9 Å². The van der Waals surface area contributed by atoms with Crippen molar-refractivity contribution in [3.63, 3.8) is 0 Å². The molecule has 0 radical (unpaired) electrons. The standard InChI is InChI=1S/C27H37ClN2O5S/c1-6-19-25(33)15(2)13-35-14-18(28)8-9-20(17-7-10-22-21(11-17)29-16(3)36-22)30-24(32)12-23(31)27(4,5)26(19)34/h7-8,10-11,15,19-20,23,25,31,33H,6,9,12-14H2,1-5H3,(H,30,32)/b18-8+/t15-,19-,20-,23-,25-/m0/s1. The van der Waals surface area contributed by atoms with E-state index in [0.29, 0.717) is 17.9 Å². The molecule has 2 heterocycles. The van der Waals surface area contributed by atoms with Gasteiger partial charge in [-0.25, -0.2) is 4.98 Å². The summed E-state index contributed by atoms with van der Waals surface area (Å²) in [7, 11) is 0. The smallest absolute Gasteiger partial charge is 0.223 e. The molecule has 1 aromatic heterocycles. The Morgan fingerprint density at radius 2 is 2.00 bits per heavy atom. The highest BCUT2D eigenvalue weighted by atomic mass is 35.5. The van der Waals surface area contributed by atoms with Gasteiger partial charge in [-0.3, -0.25) is 9.59 Å². The van der Waals surface area contributed by atoms with Crippen molar-refractivity contribution in [2.45, 2.75) is 72.1 Å². The highest BCUT2D eigenvalue weighted by Gasteiger charge is 2.43. The third kappa shape index (κ3) is 6.72. The fraction of sp³-hybridized carbons (Fsp3) is 0.593. The third-order valence-electron chi connectivity index (χ3n) is 7.07. The number of nitrogens with one attached hydrogen (secondary N) is 1. The van der Waals surface area contributed by atoms with Gasteiger partial charge in [-0.1, -0.05) is 51.4 Å². The van der Waals surface area contributed by atoms with Crippen LogP contribution in [0, 0.1) is 24.2 Å². The van der Waals surface area contributed by atoms with Crippen LogP contribution in [0.2, 0.25) is 0 Å². The molecular formula is C27H37ClN2O5S. The highest BCUT2D eigenvalue weighted by Crippen LogP contribution is 2.33. The summed E-state index contributed by atoms with van der Waals surface area (Å²) in [6, 6.07) is 5.50. The number of ketones is 1. The summed E-state index contributed by atoms with van der Waals surface area (Å²) >= 11 is 8.02. The van der Waals surface area contributed by atoms with Gasteiger partial charge in [0.25, 0.3) is 0 Å². The van der Waals surface area contributed by atoms with Crippen LogP contribution in [0.4, 0.5) is 0 Å². The van der Waals surface area contributed by atoms with E-state index in [1.54, 1.807) is 25.2 Å². The van der Waals surface area contributed by atoms with Crippen molar-refractivity contribution in [3.8, 4) is 0 Å². The molecule has 0 bridgehead atoms. The van der Waals surface area contributed by atoms with Crippen LogP contribution in [0.5, 0.6) is 0 Å². The number of hydrogen-bond acceptors (Lipinski definition) is 7. The van der Waals surface area contributed by atoms with E-state index in [1.165, 1.54) is 0 Å². The minimum Gasteiger partial charge on any atom is -0.392 e. The molecule has 1 aliphatic rings. The molecule has 2 aromatic rings. The second-order valence-electron chi connectivity index (χ2n) is 10.3. The maximum absolute atomic E-state index is 13.4. The number of fused-ring (bicyclic) bond motifs is 1. The number of Topliss-reactive ketones (excluding diaryl/α,β-unsaturated/α-hetero) is 1. The Hall–Kier alpha value is -1.84. The Balaban J connectivity index is 1.92. The molecule has 0 fully saturated rings. The number of benzene rings is 1. The number of aryl methyl sites for hydroxylation is 1. The van der Waals surface area contributed by atoms with Gasteiger partial charge < -0.3 is 20.3 Å². The topological polar surface area (TPSA) is 109 Å². The Labute approximate surface area is 221 Å². The predicted molar refractivity (Wildman–Crippen MR) is 143 cm³/mol. The van der Waals surface area contributed by atoms with Crippen molar-refractivity contribution in [1.82, 2.24) is 10.3 Å². The Kier molecular flexibility index (Phi) is 9.68. The number of nitrogens with zero attached hydrogens (tertiary/aromatic N) is 1. The van der Waals surface area contributed by atoms with Crippen LogP contribution < -0.4 is 5.32 Å². The Morgan fingerprint density at radius 1 is 1.28 bits per heavy atom. The van der Waals surface area contributed by atoms with Crippen molar-refractivity contribution >= 4 is 44.8 Å². The lowest BCUT2D eigenvalue weighted by molar-refractivity contribution is -0.144. The molecule has 5 atom stereocenters. The van der Waals surface area contributed by atoms with Crippen LogP contribution in [0.1, 0.15) is 63.6 Å². The molecule has 198 valence electrons. The number of hydrogen-bond donors (Lipinski definition) is 3. The van der Waals surface area contributed by atoms with E-state index < -0.39 is 29.6 Å². The van der Waals surface area contributed by atoms with E-state index >= 15 is 0 Å². The maximum Gasteiger partial charge on any atom is 0.223 e. The van der Waals surface area contributed by atoms with Gasteiger partial charge in [0, 0.05) is 16.9 Å². The number of amides is 1. The fourth-order valence-corrected chi connectivity index (χ4v) is 5.58. The van der Waals surface area contributed by atoms with Gasteiger partial charge in [-0.15, -0.1) is 11.3 Å². The first kappa shape index (κ1) is 28.7. The second-order valence-corrected chi connectivity index (χ2v) is 12.0. The van der Waals surface area contributed by atoms with Crippen LogP contribution in [-0.4, -0.2) is 52.3 Å². The number of rotatable bonds is 2. The molecule has 0 saturated carbocycles. The molecule has 1 amide bonds. The second kappa shape index (κ2) is 12.1. The van der Waals surface area contributed by atoms with Crippen LogP contribution in [-0.2, 0) is 14.3 Å². The maximum atomic E-state index is 13.4. The lowest BCUT2D eigenvalue weighted by Gasteiger charge is -2.35. The molecule has 0 aliphatic carbocycles. The van der Waals surface area contributed by atoms with Crippen molar-refractivity contribution in [2.75, 3.05) is 13.2 Å². The van der Waals surface area contributed by atoms with E-state index in [-0.39, 0.29) is 37.2 Å². The zero-order valence-corrected chi connectivity index (χ0v) is 23.2. The van der Waals surface area contributed by atoms with Crippen molar-refractivity contribution in [1.29, 1.82) is 0 Å². The molecule has 0 unspecified atom stereocenters. The summed E-state index contributed by atoms with van der Waals surface area (Å²) in [4.78, 5) is 31.0. The quantitative estimate of drug-likeness (QED) is 0.514. The van der Waals surface area contributed by atoms with Gasteiger partial charge in [-0.05, 0) is 37.5 Å². The van der Waals surface area contributed by atoms with E-state index in [2.05, 4.69) is 10.3 Å². The van der Waals surface area contributed by atoms with Crippen LogP contribution in [0.15, 0.2) is 29.3 Å². The van der Waals surface area contributed by atoms with Gasteiger partial charge in [0.2, 0.25) is 5.91 Å². The molecule has 7 nitrogen and oxygen atoms in total. The van der Waals surface area contributed by atoms with E-state index in [4.69, 9.17) is 16.3 Å². The monoisotopic (exact) mass is 536 g/mol. The van der Waals surface area contributed by atoms with Crippen molar-refractivity contribution < 1.29 is 24.5 Å². The first-order valence-corrected chi connectivity index (χ1v) is 13.6. The van der Waals surface area contributed by atoms with E-state index in [9.17, 15) is 19.8 Å². The van der Waals surface area contributed by atoms with Gasteiger partial charge in [0.15, 0.2) is 0 Å². The summed E-state index contributed by atoms with van der Waals surface area (Å²) in [6.07, 6.45) is 0.247. The minimum atomic E-state index is -1.22. The van der Waals surface area contributed by atoms with Crippen molar-refractivity contribution in [2.24, 2.45) is 17.3 Å². The summed E-state index contributed by atoms with van der Waals surface area (Å²) in [5.41, 5.74) is 0.517. The largest absolute Gasteiger partial charge is 0.392 e. The summed E-state index contributed by atoms with van der Waals surface area (Å²) in [5.74, 6) is -1.64. The number of aliphatic hydroxyl groups excluding tert-OH is 2. The zero-order chi connectivity index (χ0) is 26.6. The summed E-state index contributed by atoms with van der Waals surface area (Å²) in [6.45, 7) is 9.27. The van der Waals surface area contributed by atoms with E-state index in [1.807, 2.05) is 45.0 Å². The lowest BCUT2D eigenvalue weighted by atomic mass is 9.72. The average Bonchev–Trinajstić information content (AvgIpc) is 3.20. The highest BCUT2D eigenvalue weighted by molar-refractivity contribution is 7.18.